The number of nitrogens with one attached hydrogen (secondary N) is 1. The predicted molar refractivity (Wildman–Crippen MR) is 83.5 cm³/mol. The van der Waals surface area contributed by atoms with Crippen LogP contribution in [0.25, 0.3) is 0 Å². The minimum absolute atomic E-state index is 0.0586. The van der Waals surface area contributed by atoms with Crippen LogP contribution >= 0.6 is 15.9 Å². The first-order valence-electron chi connectivity index (χ1n) is 6.58. The van der Waals surface area contributed by atoms with Crippen LogP contribution in [0.4, 0.5) is 0 Å². The van der Waals surface area contributed by atoms with Crippen molar-refractivity contribution in [2.45, 2.75) is 12.6 Å². The zero-order valence-corrected chi connectivity index (χ0v) is 13.9. The molecule has 1 atom stereocenters. The molecule has 1 N–H and O–H groups in total. The summed E-state index contributed by atoms with van der Waals surface area (Å²) in [6.45, 7) is 1.29. The summed E-state index contributed by atoms with van der Waals surface area (Å²) in [5.74, 6) is 0.739. The van der Waals surface area contributed by atoms with Gasteiger partial charge in [-0.1, -0.05) is 0 Å². The molecule has 0 spiro atoms. The van der Waals surface area contributed by atoms with Gasteiger partial charge in [0.2, 0.25) is 0 Å². The molecule has 0 radical (unpaired) electrons. The quantitative estimate of drug-likeness (QED) is 0.823. The van der Waals surface area contributed by atoms with Gasteiger partial charge in [0.15, 0.2) is 0 Å². The van der Waals surface area contributed by atoms with Crippen molar-refractivity contribution >= 4 is 15.9 Å². The lowest BCUT2D eigenvalue weighted by Crippen LogP contribution is -2.23. The minimum atomic E-state index is -0.0586. The van der Waals surface area contributed by atoms with Gasteiger partial charge in [0, 0.05) is 18.9 Å². The summed E-state index contributed by atoms with van der Waals surface area (Å²) in [5, 5.41) is 7.71. The number of ether oxygens (including phenoxy) is 2. The molecule has 21 heavy (non-hydrogen) atoms. The number of rotatable bonds is 7. The van der Waals surface area contributed by atoms with Crippen LogP contribution in [-0.2, 0) is 11.3 Å². The van der Waals surface area contributed by atoms with E-state index in [4.69, 9.17) is 9.47 Å². The van der Waals surface area contributed by atoms with Crippen LogP contribution in [0.3, 0.4) is 0 Å². The predicted octanol–water partition coefficient (Wildman–Crippen LogP) is 2.00. The fourth-order valence-corrected chi connectivity index (χ4v) is 2.78. The van der Waals surface area contributed by atoms with Crippen molar-refractivity contribution in [3.8, 4) is 5.75 Å². The third-order valence-corrected chi connectivity index (χ3v) is 3.86. The van der Waals surface area contributed by atoms with Crippen molar-refractivity contribution in [3.63, 3.8) is 0 Å². The summed E-state index contributed by atoms with van der Waals surface area (Å²) in [4.78, 5) is 4.10. The number of aromatic nitrogens is 3. The van der Waals surface area contributed by atoms with Gasteiger partial charge in [0.05, 0.1) is 48.9 Å². The highest BCUT2D eigenvalue weighted by Crippen LogP contribution is 2.32. The molecular formula is C14H19BrN4O2. The van der Waals surface area contributed by atoms with E-state index >= 15 is 0 Å². The largest absolute Gasteiger partial charge is 0.495 e. The molecule has 0 bridgehead atoms. The van der Waals surface area contributed by atoms with Crippen LogP contribution in [0.5, 0.6) is 5.75 Å². The maximum atomic E-state index is 5.41. The molecule has 2 aromatic rings. The molecule has 0 aliphatic carbocycles. The summed E-state index contributed by atoms with van der Waals surface area (Å²) in [5.41, 5.74) is 2.04. The third kappa shape index (κ3) is 3.42. The summed E-state index contributed by atoms with van der Waals surface area (Å²) < 4.78 is 13.4. The molecule has 0 saturated carbocycles. The second-order valence-corrected chi connectivity index (χ2v) is 5.29. The van der Waals surface area contributed by atoms with Gasteiger partial charge in [0.25, 0.3) is 0 Å². The van der Waals surface area contributed by atoms with Crippen molar-refractivity contribution in [1.82, 2.24) is 20.1 Å². The topological polar surface area (TPSA) is 61.2 Å². The normalized spacial score (nSPS) is 12.4. The van der Waals surface area contributed by atoms with Gasteiger partial charge in [-0.3, -0.25) is 9.67 Å². The van der Waals surface area contributed by atoms with Crippen molar-refractivity contribution in [2.75, 3.05) is 27.9 Å². The zero-order chi connectivity index (χ0) is 15.2. The van der Waals surface area contributed by atoms with Crippen LogP contribution in [0.2, 0.25) is 0 Å². The number of methoxy groups -OCH3 is 2. The highest BCUT2D eigenvalue weighted by Gasteiger charge is 2.23. The van der Waals surface area contributed by atoms with Gasteiger partial charge in [-0.15, -0.1) is 0 Å². The molecule has 6 nitrogen and oxygen atoms in total. The lowest BCUT2D eigenvalue weighted by atomic mass is 10.0. The van der Waals surface area contributed by atoms with Crippen LogP contribution in [0.15, 0.2) is 29.1 Å². The Morgan fingerprint density at radius 2 is 2.19 bits per heavy atom. The fraction of sp³-hybridized carbons (Fsp3) is 0.429. The van der Waals surface area contributed by atoms with Crippen molar-refractivity contribution in [1.29, 1.82) is 0 Å². The number of nitrogens with zero attached hydrogens (tertiary/aromatic N) is 3. The summed E-state index contributed by atoms with van der Waals surface area (Å²) >= 11 is 3.57. The highest BCUT2D eigenvalue weighted by atomic mass is 79.9. The maximum absolute atomic E-state index is 5.41. The number of hydrogen-bond donors (Lipinski definition) is 1. The molecule has 2 aromatic heterocycles. The molecule has 2 rings (SSSR count). The number of halogens is 1. The Balaban J connectivity index is 2.44. The molecular weight excluding hydrogens is 336 g/mol. The van der Waals surface area contributed by atoms with Gasteiger partial charge < -0.3 is 14.8 Å². The summed E-state index contributed by atoms with van der Waals surface area (Å²) in [6, 6.07) is 1.89. The Morgan fingerprint density at radius 1 is 1.38 bits per heavy atom. The van der Waals surface area contributed by atoms with Crippen LogP contribution < -0.4 is 10.1 Å². The average molecular weight is 355 g/mol. The number of pyridine rings is 1. The Hall–Kier alpha value is -1.44. The molecule has 0 saturated heterocycles. The van der Waals surface area contributed by atoms with Gasteiger partial charge in [0.1, 0.15) is 5.75 Å². The molecule has 0 aliphatic heterocycles. The first-order chi connectivity index (χ1) is 10.2. The Kier molecular flexibility index (Phi) is 5.72. The van der Waals surface area contributed by atoms with E-state index < -0.39 is 0 Å². The first kappa shape index (κ1) is 15.9. The van der Waals surface area contributed by atoms with E-state index in [1.54, 1.807) is 32.8 Å². The minimum Gasteiger partial charge on any atom is -0.495 e. The molecule has 0 aliphatic rings. The average Bonchev–Trinajstić information content (AvgIpc) is 2.88. The van der Waals surface area contributed by atoms with E-state index in [0.29, 0.717) is 13.2 Å². The van der Waals surface area contributed by atoms with E-state index in [1.807, 2.05) is 17.8 Å². The van der Waals surface area contributed by atoms with Crippen molar-refractivity contribution < 1.29 is 9.47 Å². The van der Waals surface area contributed by atoms with Gasteiger partial charge in [-0.25, -0.2) is 0 Å². The molecule has 0 fully saturated rings. The van der Waals surface area contributed by atoms with Gasteiger partial charge in [-0.2, -0.15) is 5.10 Å². The third-order valence-electron chi connectivity index (χ3n) is 3.25. The molecule has 2 heterocycles. The van der Waals surface area contributed by atoms with Crippen LogP contribution in [0.1, 0.15) is 17.3 Å². The second-order valence-electron chi connectivity index (χ2n) is 4.43. The Morgan fingerprint density at radius 3 is 2.86 bits per heavy atom. The molecule has 1 unspecified atom stereocenters. The van der Waals surface area contributed by atoms with Gasteiger partial charge in [-0.05, 0) is 29.0 Å². The molecule has 0 amide bonds. The van der Waals surface area contributed by atoms with Crippen LogP contribution in [-0.4, -0.2) is 42.6 Å². The SMILES string of the molecule is CNC(c1ccncc1OC)c1c(Br)cnn1CCOC. The molecule has 7 heteroatoms. The highest BCUT2D eigenvalue weighted by molar-refractivity contribution is 9.10. The smallest absolute Gasteiger partial charge is 0.142 e. The summed E-state index contributed by atoms with van der Waals surface area (Å²) in [6.07, 6.45) is 5.26. The van der Waals surface area contributed by atoms with Gasteiger partial charge >= 0.3 is 0 Å². The molecule has 114 valence electrons. The van der Waals surface area contributed by atoms with Crippen molar-refractivity contribution in [2.24, 2.45) is 0 Å². The standard InChI is InChI=1S/C14H19BrN4O2/c1-16-13(10-4-5-17-9-12(10)21-3)14-11(15)8-18-19(14)6-7-20-2/h4-5,8-9,13,16H,6-7H2,1-3H3. The lowest BCUT2D eigenvalue weighted by Gasteiger charge is -2.21. The lowest BCUT2D eigenvalue weighted by molar-refractivity contribution is 0.182. The van der Waals surface area contributed by atoms with E-state index in [-0.39, 0.29) is 6.04 Å². The second kappa shape index (κ2) is 7.53. The first-order valence-corrected chi connectivity index (χ1v) is 7.37. The van der Waals surface area contributed by atoms with E-state index in [0.717, 1.165) is 21.5 Å². The number of hydrogen-bond acceptors (Lipinski definition) is 5. The van der Waals surface area contributed by atoms with Crippen molar-refractivity contribution in [3.05, 3.63) is 40.4 Å². The Bertz CT molecular complexity index is 588. The van der Waals surface area contributed by atoms with E-state index in [2.05, 4.69) is 31.3 Å². The van der Waals surface area contributed by atoms with Crippen LogP contribution in [0, 0.1) is 0 Å². The monoisotopic (exact) mass is 354 g/mol. The Labute approximate surface area is 132 Å². The fourth-order valence-electron chi connectivity index (χ4n) is 2.25. The summed E-state index contributed by atoms with van der Waals surface area (Å²) in [7, 11) is 5.23. The van der Waals surface area contributed by atoms with E-state index in [1.165, 1.54) is 0 Å². The molecule has 0 aromatic carbocycles. The maximum Gasteiger partial charge on any atom is 0.142 e. The van der Waals surface area contributed by atoms with E-state index in [9.17, 15) is 0 Å². The zero-order valence-electron chi connectivity index (χ0n) is 12.3.